The fourth-order valence-electron chi connectivity index (χ4n) is 2.26. The smallest absolute Gasteiger partial charge is 0.234 e. The molecular formula is C19H22N2O3S. The third kappa shape index (κ3) is 6.99. The Hall–Kier alpha value is -2.31. The highest BCUT2D eigenvalue weighted by Gasteiger charge is 2.07. The van der Waals surface area contributed by atoms with Crippen molar-refractivity contribution >= 4 is 35.0 Å². The van der Waals surface area contributed by atoms with Gasteiger partial charge < -0.3 is 15.4 Å². The van der Waals surface area contributed by atoms with Crippen molar-refractivity contribution in [2.75, 3.05) is 29.2 Å². The predicted octanol–water partition coefficient (Wildman–Crippen LogP) is 3.45. The van der Waals surface area contributed by atoms with Gasteiger partial charge in [0.1, 0.15) is 0 Å². The Kier molecular flexibility index (Phi) is 7.50. The highest BCUT2D eigenvalue weighted by atomic mass is 32.2. The monoisotopic (exact) mass is 358 g/mol. The Bertz CT molecular complexity index is 734. The topological polar surface area (TPSA) is 67.4 Å². The summed E-state index contributed by atoms with van der Waals surface area (Å²) >= 11 is 1.28. The zero-order valence-corrected chi connectivity index (χ0v) is 15.2. The highest BCUT2D eigenvalue weighted by molar-refractivity contribution is 8.00. The molecule has 0 aliphatic carbocycles. The molecule has 2 aromatic carbocycles. The second-order valence-electron chi connectivity index (χ2n) is 5.59. The summed E-state index contributed by atoms with van der Waals surface area (Å²) in [6.07, 6.45) is 0. The maximum atomic E-state index is 12.0. The Morgan fingerprint density at radius 1 is 0.960 bits per heavy atom. The van der Waals surface area contributed by atoms with E-state index in [2.05, 4.69) is 10.6 Å². The molecule has 132 valence electrons. The van der Waals surface area contributed by atoms with Gasteiger partial charge in [-0.05, 0) is 42.3 Å². The number of methoxy groups -OCH3 is 1. The molecule has 0 saturated heterocycles. The molecular weight excluding hydrogens is 336 g/mol. The molecule has 0 aliphatic rings. The first-order chi connectivity index (χ1) is 12.1. The number of carbonyl (C=O) groups is 2. The van der Waals surface area contributed by atoms with Crippen LogP contribution in [0.1, 0.15) is 11.1 Å². The lowest BCUT2D eigenvalue weighted by molar-refractivity contribution is -0.114. The van der Waals surface area contributed by atoms with Crippen LogP contribution in [0.4, 0.5) is 11.4 Å². The average molecular weight is 358 g/mol. The molecule has 0 spiro atoms. The zero-order valence-electron chi connectivity index (χ0n) is 14.4. The number of hydrogen-bond donors (Lipinski definition) is 2. The Balaban J connectivity index is 1.73. The van der Waals surface area contributed by atoms with Gasteiger partial charge in [-0.15, -0.1) is 11.8 Å². The van der Waals surface area contributed by atoms with Crippen molar-refractivity contribution in [1.29, 1.82) is 0 Å². The van der Waals surface area contributed by atoms with Crippen LogP contribution in [0.25, 0.3) is 0 Å². The van der Waals surface area contributed by atoms with E-state index < -0.39 is 0 Å². The van der Waals surface area contributed by atoms with Crippen LogP contribution >= 0.6 is 11.8 Å². The average Bonchev–Trinajstić information content (AvgIpc) is 2.55. The normalized spacial score (nSPS) is 10.3. The van der Waals surface area contributed by atoms with E-state index in [4.69, 9.17) is 4.74 Å². The quantitative estimate of drug-likeness (QED) is 0.758. The fourth-order valence-corrected chi connectivity index (χ4v) is 2.88. The molecule has 0 heterocycles. The van der Waals surface area contributed by atoms with Crippen molar-refractivity contribution in [3.63, 3.8) is 0 Å². The summed E-state index contributed by atoms with van der Waals surface area (Å²) in [4.78, 5) is 23.9. The molecule has 0 saturated carbocycles. The van der Waals surface area contributed by atoms with Gasteiger partial charge in [-0.3, -0.25) is 9.59 Å². The van der Waals surface area contributed by atoms with Gasteiger partial charge in [0.15, 0.2) is 0 Å². The van der Waals surface area contributed by atoms with Crippen molar-refractivity contribution in [3.05, 3.63) is 59.7 Å². The molecule has 2 amide bonds. The Morgan fingerprint density at radius 2 is 1.56 bits per heavy atom. The van der Waals surface area contributed by atoms with Crippen molar-refractivity contribution < 1.29 is 14.3 Å². The number of aryl methyl sites for hydroxylation is 1. The van der Waals surface area contributed by atoms with Gasteiger partial charge in [-0.25, -0.2) is 0 Å². The fraction of sp³-hybridized carbons (Fsp3) is 0.263. The van der Waals surface area contributed by atoms with E-state index in [1.54, 1.807) is 7.11 Å². The Morgan fingerprint density at radius 3 is 2.16 bits per heavy atom. The molecule has 25 heavy (non-hydrogen) atoms. The number of thioether (sulfide) groups is 1. The van der Waals surface area contributed by atoms with Gasteiger partial charge in [0.25, 0.3) is 0 Å². The molecule has 6 heteroatoms. The summed E-state index contributed by atoms with van der Waals surface area (Å²) < 4.78 is 5.07. The summed E-state index contributed by atoms with van der Waals surface area (Å²) in [6, 6.07) is 15.1. The van der Waals surface area contributed by atoms with E-state index in [1.807, 2.05) is 55.5 Å². The number of carbonyl (C=O) groups excluding carboxylic acids is 2. The molecule has 2 rings (SSSR count). The van der Waals surface area contributed by atoms with Crippen LogP contribution in [0.2, 0.25) is 0 Å². The summed E-state index contributed by atoms with van der Waals surface area (Å²) in [7, 11) is 1.63. The molecule has 0 atom stereocenters. The largest absolute Gasteiger partial charge is 0.380 e. The highest BCUT2D eigenvalue weighted by Crippen LogP contribution is 2.13. The van der Waals surface area contributed by atoms with E-state index >= 15 is 0 Å². The van der Waals surface area contributed by atoms with E-state index in [0.717, 1.165) is 22.5 Å². The first kappa shape index (κ1) is 19.0. The van der Waals surface area contributed by atoms with Gasteiger partial charge in [0, 0.05) is 18.5 Å². The maximum Gasteiger partial charge on any atom is 0.234 e. The molecule has 0 bridgehead atoms. The lowest BCUT2D eigenvalue weighted by Crippen LogP contribution is -2.18. The molecule has 2 aromatic rings. The molecule has 0 unspecified atom stereocenters. The number of hydrogen-bond acceptors (Lipinski definition) is 4. The number of amides is 2. The molecule has 2 N–H and O–H groups in total. The third-order valence-corrected chi connectivity index (χ3v) is 4.22. The van der Waals surface area contributed by atoms with Crippen molar-refractivity contribution in [3.8, 4) is 0 Å². The molecule has 0 radical (unpaired) electrons. The number of benzene rings is 2. The minimum Gasteiger partial charge on any atom is -0.380 e. The van der Waals surface area contributed by atoms with Crippen molar-refractivity contribution in [2.45, 2.75) is 13.5 Å². The first-order valence-corrected chi connectivity index (χ1v) is 9.04. The summed E-state index contributed by atoms with van der Waals surface area (Å²) in [6.45, 7) is 2.47. The van der Waals surface area contributed by atoms with Crippen LogP contribution < -0.4 is 10.6 Å². The summed E-state index contributed by atoms with van der Waals surface area (Å²) in [5, 5.41) is 5.65. The van der Waals surface area contributed by atoms with Crippen LogP contribution in [-0.2, 0) is 20.9 Å². The number of anilines is 2. The predicted molar refractivity (Wildman–Crippen MR) is 103 cm³/mol. The van der Waals surface area contributed by atoms with Crippen LogP contribution in [0.5, 0.6) is 0 Å². The number of rotatable bonds is 8. The lowest BCUT2D eigenvalue weighted by Gasteiger charge is -2.08. The lowest BCUT2D eigenvalue weighted by atomic mass is 10.2. The van der Waals surface area contributed by atoms with Crippen molar-refractivity contribution in [1.82, 2.24) is 0 Å². The molecule has 0 aromatic heterocycles. The van der Waals surface area contributed by atoms with Gasteiger partial charge in [-0.2, -0.15) is 0 Å². The second-order valence-corrected chi connectivity index (χ2v) is 6.58. The van der Waals surface area contributed by atoms with Crippen molar-refractivity contribution in [2.24, 2.45) is 0 Å². The van der Waals surface area contributed by atoms with Gasteiger partial charge in [0.05, 0.1) is 18.1 Å². The van der Waals surface area contributed by atoms with Crippen LogP contribution in [-0.4, -0.2) is 30.4 Å². The number of ether oxygens (including phenoxy) is 1. The zero-order chi connectivity index (χ0) is 18.1. The minimum atomic E-state index is -0.136. The van der Waals surface area contributed by atoms with E-state index in [9.17, 15) is 9.59 Å². The Labute approximate surface area is 152 Å². The van der Waals surface area contributed by atoms with E-state index in [0.29, 0.717) is 6.61 Å². The molecule has 0 fully saturated rings. The van der Waals surface area contributed by atoms with Crippen LogP contribution in [0.3, 0.4) is 0 Å². The summed E-state index contributed by atoms with van der Waals surface area (Å²) in [5.74, 6) is 0.189. The van der Waals surface area contributed by atoms with Gasteiger partial charge >= 0.3 is 0 Å². The van der Waals surface area contributed by atoms with Crippen LogP contribution in [0, 0.1) is 6.92 Å². The number of nitrogens with one attached hydrogen (secondary N) is 2. The van der Waals surface area contributed by atoms with E-state index in [1.165, 1.54) is 11.8 Å². The second kappa shape index (κ2) is 9.86. The van der Waals surface area contributed by atoms with E-state index in [-0.39, 0.29) is 23.3 Å². The van der Waals surface area contributed by atoms with Gasteiger partial charge in [-0.1, -0.05) is 24.3 Å². The van der Waals surface area contributed by atoms with Gasteiger partial charge in [0.2, 0.25) is 11.8 Å². The maximum absolute atomic E-state index is 12.0. The van der Waals surface area contributed by atoms with Crippen LogP contribution in [0.15, 0.2) is 48.5 Å². The molecule has 0 aliphatic heterocycles. The minimum absolute atomic E-state index is 0.120. The SMILES string of the molecule is COCc1cccc(NC(=O)CSCC(=O)Nc2cccc(C)c2)c1. The summed E-state index contributed by atoms with van der Waals surface area (Å²) in [5.41, 5.74) is 3.57. The standard InChI is InChI=1S/C19H22N2O3S/c1-14-5-3-7-16(9-14)20-18(22)12-25-13-19(23)21-17-8-4-6-15(10-17)11-24-2/h3-10H,11-13H2,1-2H3,(H,20,22)(H,21,23). The first-order valence-electron chi connectivity index (χ1n) is 7.89. The third-order valence-electron chi connectivity index (χ3n) is 3.29. The molecule has 5 nitrogen and oxygen atoms in total.